The Morgan fingerprint density at radius 3 is 2.33 bits per heavy atom. The second-order valence-electron chi connectivity index (χ2n) is 5.10. The van der Waals surface area contributed by atoms with Crippen LogP contribution in [0.4, 0.5) is 4.39 Å². The fourth-order valence-corrected chi connectivity index (χ4v) is 1.71. The molecule has 0 saturated carbocycles. The Labute approximate surface area is 92.5 Å². The highest BCUT2D eigenvalue weighted by molar-refractivity contribution is 5.32. The lowest BCUT2D eigenvalue weighted by atomic mass is 9.80. The van der Waals surface area contributed by atoms with E-state index in [2.05, 4.69) is 20.8 Å². The molecular weight excluding hydrogens is 187 g/mol. The Hall–Kier alpha value is -0.850. The van der Waals surface area contributed by atoms with Crippen molar-refractivity contribution < 1.29 is 4.39 Å². The van der Waals surface area contributed by atoms with E-state index in [9.17, 15) is 4.39 Å². The van der Waals surface area contributed by atoms with E-state index < -0.39 is 0 Å². The van der Waals surface area contributed by atoms with Crippen molar-refractivity contribution in [2.24, 2.45) is 0 Å². The van der Waals surface area contributed by atoms with Gasteiger partial charge in [0.15, 0.2) is 0 Å². The smallest absolute Gasteiger partial charge is 0.130 e. The zero-order valence-corrected chi connectivity index (χ0v) is 10.4. The third kappa shape index (κ3) is 2.39. The average Bonchev–Trinajstić information content (AvgIpc) is 2.17. The summed E-state index contributed by atoms with van der Waals surface area (Å²) in [6, 6.07) is 5.76. The van der Waals surface area contributed by atoms with Crippen molar-refractivity contribution >= 4 is 0 Å². The fraction of sp³-hybridized carbons (Fsp3) is 0.571. The van der Waals surface area contributed by atoms with Gasteiger partial charge in [0.05, 0.1) is 0 Å². The second kappa shape index (κ2) is 4.34. The van der Waals surface area contributed by atoms with Gasteiger partial charge in [0.2, 0.25) is 0 Å². The zero-order chi connectivity index (χ0) is 11.6. The lowest BCUT2D eigenvalue weighted by Gasteiger charge is -2.25. The highest BCUT2D eigenvalue weighted by atomic mass is 19.1. The highest BCUT2D eigenvalue weighted by Crippen LogP contribution is 2.32. The SMILES string of the molecule is CCC(C)(C)c1cccc(C(C)C)c1F. The van der Waals surface area contributed by atoms with Gasteiger partial charge in [-0.2, -0.15) is 0 Å². The van der Waals surface area contributed by atoms with Crippen LogP contribution in [0.3, 0.4) is 0 Å². The number of hydrogen-bond acceptors (Lipinski definition) is 0. The molecule has 1 aromatic rings. The lowest BCUT2D eigenvalue weighted by molar-refractivity contribution is 0.463. The summed E-state index contributed by atoms with van der Waals surface area (Å²) in [7, 11) is 0. The lowest BCUT2D eigenvalue weighted by Crippen LogP contribution is -2.18. The van der Waals surface area contributed by atoms with Gasteiger partial charge in [-0.15, -0.1) is 0 Å². The Kier molecular flexibility index (Phi) is 3.54. The van der Waals surface area contributed by atoms with Crippen LogP contribution >= 0.6 is 0 Å². The van der Waals surface area contributed by atoms with Crippen LogP contribution in [-0.4, -0.2) is 0 Å². The Bertz CT molecular complexity index is 337. The summed E-state index contributed by atoms with van der Waals surface area (Å²) in [5.41, 5.74) is 1.60. The first-order chi connectivity index (χ1) is 6.90. The molecule has 1 aromatic carbocycles. The van der Waals surface area contributed by atoms with E-state index in [0.29, 0.717) is 0 Å². The van der Waals surface area contributed by atoms with Crippen LogP contribution in [-0.2, 0) is 5.41 Å². The Balaban J connectivity index is 3.27. The monoisotopic (exact) mass is 208 g/mol. The predicted molar refractivity (Wildman–Crippen MR) is 63.8 cm³/mol. The minimum Gasteiger partial charge on any atom is -0.206 e. The maximum atomic E-state index is 14.2. The molecule has 0 aromatic heterocycles. The van der Waals surface area contributed by atoms with Crippen LogP contribution in [0.25, 0.3) is 0 Å². The van der Waals surface area contributed by atoms with Crippen molar-refractivity contribution in [3.05, 3.63) is 35.1 Å². The van der Waals surface area contributed by atoms with Gasteiger partial charge in [-0.3, -0.25) is 0 Å². The van der Waals surface area contributed by atoms with Gasteiger partial charge in [0, 0.05) is 0 Å². The molecule has 84 valence electrons. The maximum Gasteiger partial charge on any atom is 0.130 e. The molecule has 1 rings (SSSR count). The first kappa shape index (κ1) is 12.2. The van der Waals surface area contributed by atoms with Gasteiger partial charge >= 0.3 is 0 Å². The molecule has 0 aliphatic carbocycles. The van der Waals surface area contributed by atoms with Crippen molar-refractivity contribution in [3.8, 4) is 0 Å². The molecule has 0 amide bonds. The van der Waals surface area contributed by atoms with Crippen LogP contribution < -0.4 is 0 Å². The molecule has 0 aliphatic rings. The molecule has 1 heteroatoms. The molecular formula is C14H21F. The number of benzene rings is 1. The Morgan fingerprint density at radius 2 is 1.87 bits per heavy atom. The number of rotatable bonds is 3. The quantitative estimate of drug-likeness (QED) is 0.679. The van der Waals surface area contributed by atoms with Gasteiger partial charge in [0.1, 0.15) is 5.82 Å². The third-order valence-electron chi connectivity index (χ3n) is 3.26. The summed E-state index contributed by atoms with van der Waals surface area (Å²) in [6.07, 6.45) is 0.950. The van der Waals surface area contributed by atoms with Crippen molar-refractivity contribution in [3.63, 3.8) is 0 Å². The molecule has 0 N–H and O–H groups in total. The largest absolute Gasteiger partial charge is 0.206 e. The molecule has 0 unspecified atom stereocenters. The van der Waals surface area contributed by atoms with E-state index in [-0.39, 0.29) is 17.2 Å². The van der Waals surface area contributed by atoms with E-state index in [1.807, 2.05) is 32.0 Å². The van der Waals surface area contributed by atoms with Crippen LogP contribution in [0.15, 0.2) is 18.2 Å². The summed E-state index contributed by atoms with van der Waals surface area (Å²) >= 11 is 0. The summed E-state index contributed by atoms with van der Waals surface area (Å²) in [5, 5.41) is 0. The standard InChI is InChI=1S/C14H21F/c1-6-14(4,5)12-9-7-8-11(10(2)3)13(12)15/h7-10H,6H2,1-5H3. The molecule has 0 fully saturated rings. The van der Waals surface area contributed by atoms with Crippen LogP contribution in [0.2, 0.25) is 0 Å². The molecule has 0 heterocycles. The number of hydrogen-bond donors (Lipinski definition) is 0. The van der Waals surface area contributed by atoms with Gasteiger partial charge in [-0.25, -0.2) is 4.39 Å². The normalized spacial score (nSPS) is 12.2. The van der Waals surface area contributed by atoms with Crippen LogP contribution in [0, 0.1) is 5.82 Å². The fourth-order valence-electron chi connectivity index (χ4n) is 1.71. The van der Waals surface area contributed by atoms with Gasteiger partial charge in [0.25, 0.3) is 0 Å². The molecule has 0 aliphatic heterocycles. The molecule has 0 saturated heterocycles. The van der Waals surface area contributed by atoms with Crippen molar-refractivity contribution in [2.75, 3.05) is 0 Å². The molecule has 0 nitrogen and oxygen atoms in total. The van der Waals surface area contributed by atoms with Crippen LogP contribution in [0.1, 0.15) is 58.1 Å². The van der Waals surface area contributed by atoms with Gasteiger partial charge < -0.3 is 0 Å². The number of halogens is 1. The molecule has 0 atom stereocenters. The van der Waals surface area contributed by atoms with E-state index in [0.717, 1.165) is 17.5 Å². The van der Waals surface area contributed by atoms with Gasteiger partial charge in [-0.05, 0) is 28.9 Å². The first-order valence-corrected chi connectivity index (χ1v) is 5.69. The average molecular weight is 208 g/mol. The molecule has 15 heavy (non-hydrogen) atoms. The minimum absolute atomic E-state index is 0.0145. The maximum absolute atomic E-state index is 14.2. The van der Waals surface area contributed by atoms with E-state index >= 15 is 0 Å². The summed E-state index contributed by atoms with van der Waals surface area (Å²) < 4.78 is 14.2. The highest BCUT2D eigenvalue weighted by Gasteiger charge is 2.23. The molecule has 0 radical (unpaired) electrons. The second-order valence-corrected chi connectivity index (χ2v) is 5.10. The summed E-state index contributed by atoms with van der Waals surface area (Å²) in [5.74, 6) is 0.233. The predicted octanol–water partition coefficient (Wildman–Crippen LogP) is 4.64. The van der Waals surface area contributed by atoms with E-state index in [1.165, 1.54) is 0 Å². The van der Waals surface area contributed by atoms with Gasteiger partial charge in [-0.1, -0.05) is 52.8 Å². The van der Waals surface area contributed by atoms with Crippen LogP contribution in [0.5, 0.6) is 0 Å². The summed E-state index contributed by atoms with van der Waals surface area (Å²) in [4.78, 5) is 0. The Morgan fingerprint density at radius 1 is 1.27 bits per heavy atom. The molecule has 0 spiro atoms. The van der Waals surface area contributed by atoms with Crippen molar-refractivity contribution in [1.82, 2.24) is 0 Å². The third-order valence-corrected chi connectivity index (χ3v) is 3.26. The minimum atomic E-state index is -0.0744. The first-order valence-electron chi connectivity index (χ1n) is 5.69. The molecule has 0 bridgehead atoms. The van der Waals surface area contributed by atoms with E-state index in [1.54, 1.807) is 0 Å². The van der Waals surface area contributed by atoms with Crippen molar-refractivity contribution in [1.29, 1.82) is 0 Å². The summed E-state index contributed by atoms with van der Waals surface area (Å²) in [6.45, 7) is 10.3. The zero-order valence-electron chi connectivity index (χ0n) is 10.4. The van der Waals surface area contributed by atoms with E-state index in [4.69, 9.17) is 0 Å². The van der Waals surface area contributed by atoms with Crippen molar-refractivity contribution in [2.45, 2.75) is 52.4 Å². The topological polar surface area (TPSA) is 0 Å².